The van der Waals surface area contributed by atoms with Crippen LogP contribution in [-0.2, 0) is 9.53 Å². The van der Waals surface area contributed by atoms with E-state index in [-0.39, 0.29) is 36.6 Å². The third-order valence-corrected chi connectivity index (χ3v) is 7.80. The minimum atomic E-state index is -0.117. The molecule has 0 bridgehead atoms. The lowest BCUT2D eigenvalue weighted by atomic mass is 9.76. The van der Waals surface area contributed by atoms with Crippen LogP contribution in [0, 0.1) is 5.92 Å². The number of hydrogen-bond acceptors (Lipinski definition) is 5. The SMILES string of the molecule is COc1ccc([C@H](c2ccccc2)C2CCN(C(=O)N3CCC4OCC(=O)N[C@@H]4C3)CC2)cc1OC. The first-order valence-electron chi connectivity index (χ1n) is 12.8. The van der Waals surface area contributed by atoms with Crippen LogP contribution in [0.2, 0.25) is 0 Å². The summed E-state index contributed by atoms with van der Waals surface area (Å²) in [5.74, 6) is 1.94. The summed E-state index contributed by atoms with van der Waals surface area (Å²) in [6.07, 6.45) is 2.59. The van der Waals surface area contributed by atoms with Crippen molar-refractivity contribution in [2.45, 2.75) is 37.3 Å². The number of benzene rings is 2. The summed E-state index contributed by atoms with van der Waals surface area (Å²) in [5.41, 5.74) is 2.46. The second-order valence-electron chi connectivity index (χ2n) is 9.87. The first-order chi connectivity index (χ1) is 17.6. The molecular weight excluding hydrogens is 458 g/mol. The average Bonchev–Trinajstić information content (AvgIpc) is 2.93. The predicted octanol–water partition coefficient (Wildman–Crippen LogP) is 3.26. The zero-order valence-electron chi connectivity index (χ0n) is 21.0. The number of nitrogens with one attached hydrogen (secondary N) is 1. The van der Waals surface area contributed by atoms with Crippen molar-refractivity contribution in [2.24, 2.45) is 5.92 Å². The van der Waals surface area contributed by atoms with Gasteiger partial charge in [-0.15, -0.1) is 0 Å². The highest BCUT2D eigenvalue weighted by Crippen LogP contribution is 2.41. The second kappa shape index (κ2) is 10.8. The molecule has 0 aromatic heterocycles. The van der Waals surface area contributed by atoms with Gasteiger partial charge < -0.3 is 29.3 Å². The first kappa shape index (κ1) is 24.4. The number of hydrogen-bond donors (Lipinski definition) is 1. The summed E-state index contributed by atoms with van der Waals surface area (Å²) in [6, 6.07) is 16.7. The van der Waals surface area contributed by atoms with Gasteiger partial charge in [0.05, 0.1) is 26.4 Å². The molecule has 36 heavy (non-hydrogen) atoms. The Morgan fingerprint density at radius 3 is 2.39 bits per heavy atom. The molecule has 2 aromatic rings. The quantitative estimate of drug-likeness (QED) is 0.692. The Balaban J connectivity index is 1.28. The van der Waals surface area contributed by atoms with Crippen molar-refractivity contribution in [3.05, 3.63) is 59.7 Å². The van der Waals surface area contributed by atoms with Crippen molar-refractivity contribution in [1.29, 1.82) is 0 Å². The molecule has 0 saturated carbocycles. The van der Waals surface area contributed by atoms with E-state index in [9.17, 15) is 9.59 Å². The highest BCUT2D eigenvalue weighted by Gasteiger charge is 2.38. The van der Waals surface area contributed by atoms with E-state index < -0.39 is 0 Å². The number of rotatable bonds is 5. The minimum Gasteiger partial charge on any atom is -0.493 e. The van der Waals surface area contributed by atoms with E-state index >= 15 is 0 Å². The lowest BCUT2D eigenvalue weighted by Crippen LogP contribution is -2.62. The number of nitrogens with zero attached hydrogens (tertiary/aromatic N) is 2. The molecule has 3 amide bonds. The van der Waals surface area contributed by atoms with E-state index in [0.29, 0.717) is 32.1 Å². The van der Waals surface area contributed by atoms with Gasteiger partial charge in [-0.25, -0.2) is 4.79 Å². The summed E-state index contributed by atoms with van der Waals surface area (Å²) in [7, 11) is 3.31. The summed E-state index contributed by atoms with van der Waals surface area (Å²) in [4.78, 5) is 28.9. The Bertz CT molecular complexity index is 1070. The number of morpholine rings is 1. The van der Waals surface area contributed by atoms with Crippen LogP contribution in [0.15, 0.2) is 48.5 Å². The third kappa shape index (κ3) is 5.00. The smallest absolute Gasteiger partial charge is 0.320 e. The maximum atomic E-state index is 13.3. The maximum absolute atomic E-state index is 13.3. The Morgan fingerprint density at radius 2 is 1.67 bits per heavy atom. The molecule has 3 aliphatic rings. The molecular formula is C28H35N3O5. The van der Waals surface area contributed by atoms with Crippen molar-refractivity contribution < 1.29 is 23.8 Å². The topological polar surface area (TPSA) is 80.3 Å². The summed E-state index contributed by atoms with van der Waals surface area (Å²) < 4.78 is 16.7. The summed E-state index contributed by atoms with van der Waals surface area (Å²) in [6.45, 7) is 2.72. The second-order valence-corrected chi connectivity index (χ2v) is 9.87. The molecule has 1 unspecified atom stereocenters. The molecule has 3 heterocycles. The van der Waals surface area contributed by atoms with Crippen molar-refractivity contribution in [1.82, 2.24) is 15.1 Å². The Labute approximate surface area is 212 Å². The molecule has 1 N–H and O–H groups in total. The van der Waals surface area contributed by atoms with Gasteiger partial charge in [0.1, 0.15) is 6.61 Å². The lowest BCUT2D eigenvalue weighted by molar-refractivity contribution is -0.139. The van der Waals surface area contributed by atoms with Crippen LogP contribution in [0.3, 0.4) is 0 Å². The van der Waals surface area contributed by atoms with Gasteiger partial charge in [-0.2, -0.15) is 0 Å². The van der Waals surface area contributed by atoms with Gasteiger partial charge in [-0.05, 0) is 48.4 Å². The van der Waals surface area contributed by atoms with Crippen LogP contribution in [0.4, 0.5) is 4.79 Å². The number of urea groups is 1. The molecule has 0 spiro atoms. The predicted molar refractivity (Wildman–Crippen MR) is 135 cm³/mol. The van der Waals surface area contributed by atoms with Crippen LogP contribution < -0.4 is 14.8 Å². The lowest BCUT2D eigenvalue weighted by Gasteiger charge is -2.44. The molecule has 8 nitrogen and oxygen atoms in total. The van der Waals surface area contributed by atoms with E-state index in [1.165, 1.54) is 11.1 Å². The average molecular weight is 494 g/mol. The molecule has 8 heteroatoms. The number of fused-ring (bicyclic) bond motifs is 1. The molecule has 0 radical (unpaired) electrons. The van der Waals surface area contributed by atoms with Gasteiger partial charge in [-0.1, -0.05) is 36.4 Å². The minimum absolute atomic E-state index is 0.00519. The Hall–Kier alpha value is -3.26. The van der Waals surface area contributed by atoms with Crippen LogP contribution in [-0.4, -0.2) is 80.9 Å². The number of amides is 3. The largest absolute Gasteiger partial charge is 0.493 e. The monoisotopic (exact) mass is 493 g/mol. The number of carbonyl (C=O) groups is 2. The number of carbonyl (C=O) groups excluding carboxylic acids is 2. The van der Waals surface area contributed by atoms with Crippen molar-refractivity contribution in [2.75, 3.05) is 47.0 Å². The van der Waals surface area contributed by atoms with E-state index in [1.807, 2.05) is 21.9 Å². The van der Waals surface area contributed by atoms with Crippen LogP contribution in [0.1, 0.15) is 36.3 Å². The highest BCUT2D eigenvalue weighted by molar-refractivity contribution is 5.79. The molecule has 3 atom stereocenters. The first-order valence-corrected chi connectivity index (χ1v) is 12.8. The standard InChI is InChI=1S/C28H35N3O5/c1-34-24-9-8-21(16-25(24)35-2)27(19-6-4-3-5-7-19)20-10-13-30(14-11-20)28(33)31-15-12-23-22(17-31)29-26(32)18-36-23/h3-9,16,20,22-23,27H,10-15,17-18H2,1-2H3,(H,29,32)/t22-,23?,27-/m1/s1. The van der Waals surface area contributed by atoms with Crippen molar-refractivity contribution >= 4 is 11.9 Å². The van der Waals surface area contributed by atoms with Gasteiger partial charge in [-0.3, -0.25) is 4.79 Å². The normalized spacial score (nSPS) is 23.4. The summed E-state index contributed by atoms with van der Waals surface area (Å²) >= 11 is 0. The van der Waals surface area contributed by atoms with E-state index in [2.05, 4.69) is 41.7 Å². The number of likely N-dealkylation sites (tertiary alicyclic amines) is 2. The van der Waals surface area contributed by atoms with Crippen LogP contribution >= 0.6 is 0 Å². The Morgan fingerprint density at radius 1 is 0.944 bits per heavy atom. The van der Waals surface area contributed by atoms with E-state index in [1.54, 1.807) is 14.2 Å². The number of methoxy groups -OCH3 is 2. The fourth-order valence-corrected chi connectivity index (χ4v) is 5.94. The van der Waals surface area contributed by atoms with Gasteiger partial charge >= 0.3 is 6.03 Å². The van der Waals surface area contributed by atoms with E-state index in [0.717, 1.165) is 30.8 Å². The summed E-state index contributed by atoms with van der Waals surface area (Å²) in [5, 5.41) is 2.99. The van der Waals surface area contributed by atoms with Crippen LogP contribution in [0.5, 0.6) is 11.5 Å². The van der Waals surface area contributed by atoms with Crippen molar-refractivity contribution in [3.8, 4) is 11.5 Å². The Kier molecular flexibility index (Phi) is 7.32. The van der Waals surface area contributed by atoms with Gasteiger partial charge in [0, 0.05) is 32.1 Å². The van der Waals surface area contributed by atoms with Gasteiger partial charge in [0.2, 0.25) is 5.91 Å². The maximum Gasteiger partial charge on any atom is 0.320 e. The zero-order chi connectivity index (χ0) is 25.1. The number of piperidine rings is 2. The highest BCUT2D eigenvalue weighted by atomic mass is 16.5. The van der Waals surface area contributed by atoms with Gasteiger partial charge in [0.25, 0.3) is 0 Å². The zero-order valence-corrected chi connectivity index (χ0v) is 21.0. The van der Waals surface area contributed by atoms with Crippen LogP contribution in [0.25, 0.3) is 0 Å². The van der Waals surface area contributed by atoms with E-state index in [4.69, 9.17) is 14.2 Å². The molecule has 5 rings (SSSR count). The molecule has 3 saturated heterocycles. The molecule has 0 aliphatic carbocycles. The number of ether oxygens (including phenoxy) is 3. The molecule has 3 aliphatic heterocycles. The fraction of sp³-hybridized carbons (Fsp3) is 0.500. The molecule has 3 fully saturated rings. The van der Waals surface area contributed by atoms with Gasteiger partial charge in [0.15, 0.2) is 11.5 Å². The molecule has 2 aromatic carbocycles. The fourth-order valence-electron chi connectivity index (χ4n) is 5.94. The third-order valence-electron chi connectivity index (χ3n) is 7.80. The van der Waals surface area contributed by atoms with Crippen molar-refractivity contribution in [3.63, 3.8) is 0 Å². The molecule has 192 valence electrons.